The van der Waals surface area contributed by atoms with Gasteiger partial charge < -0.3 is 15.2 Å². The zero-order valence-electron chi connectivity index (χ0n) is 11.0. The number of hydrogen-bond donors (Lipinski definition) is 1. The summed E-state index contributed by atoms with van der Waals surface area (Å²) in [5, 5.41) is 0. The van der Waals surface area contributed by atoms with E-state index in [0.29, 0.717) is 11.6 Å². The minimum atomic E-state index is 0.507. The van der Waals surface area contributed by atoms with Gasteiger partial charge in [0.05, 0.1) is 14.2 Å². The van der Waals surface area contributed by atoms with Crippen molar-refractivity contribution in [2.24, 2.45) is 0 Å². The first kappa shape index (κ1) is 13.7. The molecule has 0 spiro atoms. The summed E-state index contributed by atoms with van der Waals surface area (Å²) < 4.78 is 11.5. The zero-order chi connectivity index (χ0) is 14.0. The Labute approximate surface area is 120 Å². The molecule has 2 rings (SSSR count). The smallest absolute Gasteiger partial charge is 0.144 e. The Kier molecular flexibility index (Phi) is 3.95. The van der Waals surface area contributed by atoms with E-state index in [4.69, 9.17) is 15.2 Å². The number of pyridine rings is 1. The highest BCUT2D eigenvalue weighted by molar-refractivity contribution is 9.10. The third-order valence-electron chi connectivity index (χ3n) is 2.88. The molecule has 0 amide bonds. The molecule has 0 bridgehead atoms. The summed E-state index contributed by atoms with van der Waals surface area (Å²) in [5.41, 5.74) is 8.46. The molecule has 0 aliphatic carbocycles. The number of hydrogen-bond acceptors (Lipinski definition) is 4. The third-order valence-corrected chi connectivity index (χ3v) is 3.63. The van der Waals surface area contributed by atoms with E-state index < -0.39 is 0 Å². The number of ether oxygens (including phenoxy) is 2. The van der Waals surface area contributed by atoms with Crippen molar-refractivity contribution >= 4 is 21.7 Å². The monoisotopic (exact) mass is 322 g/mol. The molecular weight excluding hydrogens is 308 g/mol. The molecule has 5 heteroatoms. The van der Waals surface area contributed by atoms with Crippen LogP contribution in [0.25, 0.3) is 11.1 Å². The summed E-state index contributed by atoms with van der Waals surface area (Å²) >= 11 is 3.49. The average molecular weight is 323 g/mol. The molecule has 2 N–H and O–H groups in total. The van der Waals surface area contributed by atoms with Crippen LogP contribution in [0, 0.1) is 6.92 Å². The molecule has 1 aromatic carbocycles. The number of methoxy groups -OCH3 is 2. The molecule has 0 aliphatic heterocycles. The lowest BCUT2D eigenvalue weighted by Crippen LogP contribution is -1.97. The summed E-state index contributed by atoms with van der Waals surface area (Å²) in [4.78, 5) is 4.27. The van der Waals surface area contributed by atoms with E-state index >= 15 is 0 Å². The molecule has 0 radical (unpaired) electrons. The predicted molar refractivity (Wildman–Crippen MR) is 79.6 cm³/mol. The lowest BCUT2D eigenvalue weighted by atomic mass is 10.0. The minimum absolute atomic E-state index is 0.507. The molecule has 0 saturated carbocycles. The topological polar surface area (TPSA) is 57.4 Å². The molecule has 1 aromatic heterocycles. The van der Waals surface area contributed by atoms with Gasteiger partial charge in [-0.15, -0.1) is 0 Å². The standard InChI is InChI=1S/C14H15BrN2O2/c1-8-9(5-7-12(16)17-8)10-4-6-11(18-2)13(15)14(10)19-3/h4-7H,1-3H3,(H2,16,17). The second-order valence-corrected chi connectivity index (χ2v) is 4.82. The van der Waals surface area contributed by atoms with E-state index in [1.165, 1.54) is 0 Å². The molecule has 0 atom stereocenters. The van der Waals surface area contributed by atoms with Crippen molar-refractivity contribution in [2.75, 3.05) is 20.0 Å². The van der Waals surface area contributed by atoms with Gasteiger partial charge in [-0.05, 0) is 47.1 Å². The van der Waals surface area contributed by atoms with Crippen molar-refractivity contribution in [3.8, 4) is 22.6 Å². The number of benzene rings is 1. The van der Waals surface area contributed by atoms with Crippen LogP contribution in [0.3, 0.4) is 0 Å². The first-order valence-corrected chi connectivity index (χ1v) is 6.51. The van der Waals surface area contributed by atoms with Gasteiger partial charge in [-0.2, -0.15) is 0 Å². The maximum Gasteiger partial charge on any atom is 0.144 e. The minimum Gasteiger partial charge on any atom is -0.495 e. The van der Waals surface area contributed by atoms with Gasteiger partial charge in [0.25, 0.3) is 0 Å². The fourth-order valence-corrected chi connectivity index (χ4v) is 2.64. The highest BCUT2D eigenvalue weighted by atomic mass is 79.9. The number of halogens is 1. The Morgan fingerprint density at radius 2 is 1.74 bits per heavy atom. The Hall–Kier alpha value is -1.75. The van der Waals surface area contributed by atoms with Crippen molar-refractivity contribution in [2.45, 2.75) is 6.92 Å². The molecule has 0 saturated heterocycles. The summed E-state index contributed by atoms with van der Waals surface area (Å²) in [7, 11) is 3.25. The number of rotatable bonds is 3. The number of aryl methyl sites for hydroxylation is 1. The number of nitrogen functional groups attached to an aromatic ring is 1. The van der Waals surface area contributed by atoms with E-state index in [2.05, 4.69) is 20.9 Å². The Bertz CT molecular complexity index is 615. The number of nitrogens with zero attached hydrogens (tertiary/aromatic N) is 1. The summed E-state index contributed by atoms with van der Waals surface area (Å²) in [6.45, 7) is 1.92. The molecule has 0 unspecified atom stereocenters. The lowest BCUT2D eigenvalue weighted by Gasteiger charge is -2.14. The van der Waals surface area contributed by atoms with Crippen molar-refractivity contribution in [1.29, 1.82) is 0 Å². The Balaban J connectivity index is 2.65. The molecular formula is C14H15BrN2O2. The lowest BCUT2D eigenvalue weighted by molar-refractivity contribution is 0.390. The van der Waals surface area contributed by atoms with E-state index in [1.54, 1.807) is 20.3 Å². The van der Waals surface area contributed by atoms with Crippen LogP contribution in [0.2, 0.25) is 0 Å². The molecule has 1 heterocycles. The number of nitrogens with two attached hydrogens (primary N) is 1. The van der Waals surface area contributed by atoms with Crippen molar-refractivity contribution in [3.05, 3.63) is 34.4 Å². The number of aromatic nitrogens is 1. The largest absolute Gasteiger partial charge is 0.495 e. The van der Waals surface area contributed by atoms with Crippen LogP contribution in [0.1, 0.15) is 5.69 Å². The maximum atomic E-state index is 5.68. The van der Waals surface area contributed by atoms with Gasteiger partial charge in [0.2, 0.25) is 0 Å². The second-order valence-electron chi connectivity index (χ2n) is 4.03. The zero-order valence-corrected chi connectivity index (χ0v) is 12.6. The van der Waals surface area contributed by atoms with Crippen molar-refractivity contribution in [1.82, 2.24) is 4.98 Å². The molecule has 4 nitrogen and oxygen atoms in total. The molecule has 19 heavy (non-hydrogen) atoms. The first-order chi connectivity index (χ1) is 9.08. The molecule has 2 aromatic rings. The van der Waals surface area contributed by atoms with Crippen LogP contribution in [-0.4, -0.2) is 19.2 Å². The SMILES string of the molecule is COc1ccc(-c2ccc(N)nc2C)c(OC)c1Br. The van der Waals surface area contributed by atoms with Crippen LogP contribution in [0.5, 0.6) is 11.5 Å². The van der Waals surface area contributed by atoms with Gasteiger partial charge in [-0.3, -0.25) is 0 Å². The van der Waals surface area contributed by atoms with Crippen LogP contribution >= 0.6 is 15.9 Å². The molecule has 0 aliphatic rings. The molecule has 0 fully saturated rings. The normalized spacial score (nSPS) is 10.3. The van der Waals surface area contributed by atoms with Crippen LogP contribution in [0.4, 0.5) is 5.82 Å². The van der Waals surface area contributed by atoms with E-state index in [0.717, 1.165) is 27.0 Å². The fraction of sp³-hybridized carbons (Fsp3) is 0.214. The van der Waals surface area contributed by atoms with Gasteiger partial charge >= 0.3 is 0 Å². The number of anilines is 1. The van der Waals surface area contributed by atoms with Gasteiger partial charge in [-0.1, -0.05) is 0 Å². The van der Waals surface area contributed by atoms with Crippen molar-refractivity contribution in [3.63, 3.8) is 0 Å². The van der Waals surface area contributed by atoms with E-state index in [1.807, 2.05) is 25.1 Å². The van der Waals surface area contributed by atoms with E-state index in [-0.39, 0.29) is 0 Å². The van der Waals surface area contributed by atoms with E-state index in [9.17, 15) is 0 Å². The Morgan fingerprint density at radius 1 is 1.05 bits per heavy atom. The summed E-state index contributed by atoms with van der Waals surface area (Å²) in [5.74, 6) is 1.95. The van der Waals surface area contributed by atoms with Gasteiger partial charge in [0, 0.05) is 16.8 Å². The second kappa shape index (κ2) is 5.48. The Morgan fingerprint density at radius 3 is 2.32 bits per heavy atom. The van der Waals surface area contributed by atoms with Gasteiger partial charge in [0.1, 0.15) is 21.8 Å². The predicted octanol–water partition coefficient (Wildman–Crippen LogP) is 3.42. The third kappa shape index (κ3) is 2.51. The van der Waals surface area contributed by atoms with Crippen molar-refractivity contribution < 1.29 is 9.47 Å². The maximum absolute atomic E-state index is 5.68. The van der Waals surface area contributed by atoms with Gasteiger partial charge in [-0.25, -0.2) is 4.98 Å². The van der Waals surface area contributed by atoms with Crippen LogP contribution in [0.15, 0.2) is 28.7 Å². The molecule has 100 valence electrons. The first-order valence-electron chi connectivity index (χ1n) is 5.72. The van der Waals surface area contributed by atoms with Crippen LogP contribution in [-0.2, 0) is 0 Å². The summed E-state index contributed by atoms with van der Waals surface area (Å²) in [6.07, 6.45) is 0. The average Bonchev–Trinajstić information content (AvgIpc) is 2.38. The quantitative estimate of drug-likeness (QED) is 0.940. The highest BCUT2D eigenvalue weighted by Crippen LogP contribution is 2.42. The van der Waals surface area contributed by atoms with Crippen LogP contribution < -0.4 is 15.2 Å². The highest BCUT2D eigenvalue weighted by Gasteiger charge is 2.15. The fourth-order valence-electron chi connectivity index (χ4n) is 1.97. The summed E-state index contributed by atoms with van der Waals surface area (Å²) in [6, 6.07) is 7.55. The van der Waals surface area contributed by atoms with Gasteiger partial charge in [0.15, 0.2) is 0 Å².